The molecule has 0 bridgehead atoms. The van der Waals surface area contributed by atoms with Gasteiger partial charge in [0.2, 0.25) is 0 Å². The molecule has 4 nitrogen and oxygen atoms in total. The summed E-state index contributed by atoms with van der Waals surface area (Å²) in [5.74, 6) is 1.25. The van der Waals surface area contributed by atoms with Crippen LogP contribution < -0.4 is 14.8 Å². The zero-order chi connectivity index (χ0) is 17.4. The Morgan fingerprint density at radius 2 is 1.75 bits per heavy atom. The predicted molar refractivity (Wildman–Crippen MR) is 97.2 cm³/mol. The third-order valence-corrected chi connectivity index (χ3v) is 3.93. The SMILES string of the molecule is CCOc1cc(CNCCO)c(Cl)cc1OCc1ccc(Cl)cc1. The van der Waals surface area contributed by atoms with Crippen LogP contribution in [-0.2, 0) is 13.2 Å². The number of nitrogens with one attached hydrogen (secondary N) is 1. The summed E-state index contributed by atoms with van der Waals surface area (Å²) in [4.78, 5) is 0. The molecule has 2 aromatic rings. The minimum Gasteiger partial charge on any atom is -0.490 e. The molecule has 0 amide bonds. The molecule has 0 heterocycles. The van der Waals surface area contributed by atoms with E-state index in [-0.39, 0.29) is 6.61 Å². The molecule has 2 N–H and O–H groups in total. The molecule has 130 valence electrons. The normalized spacial score (nSPS) is 10.7. The number of hydrogen-bond donors (Lipinski definition) is 2. The monoisotopic (exact) mass is 369 g/mol. The van der Waals surface area contributed by atoms with E-state index < -0.39 is 0 Å². The maximum absolute atomic E-state index is 8.84. The van der Waals surface area contributed by atoms with Crippen molar-refractivity contribution in [3.63, 3.8) is 0 Å². The van der Waals surface area contributed by atoms with E-state index in [0.717, 1.165) is 11.1 Å². The molecule has 2 aromatic carbocycles. The third-order valence-electron chi connectivity index (χ3n) is 3.32. The van der Waals surface area contributed by atoms with Gasteiger partial charge in [0.15, 0.2) is 11.5 Å². The van der Waals surface area contributed by atoms with Crippen molar-refractivity contribution in [2.45, 2.75) is 20.1 Å². The van der Waals surface area contributed by atoms with Crippen molar-refractivity contribution in [3.8, 4) is 11.5 Å². The Morgan fingerprint density at radius 1 is 1.04 bits per heavy atom. The summed E-state index contributed by atoms with van der Waals surface area (Å²) in [6.45, 7) is 3.99. The van der Waals surface area contributed by atoms with Crippen molar-refractivity contribution >= 4 is 23.2 Å². The molecule has 24 heavy (non-hydrogen) atoms. The van der Waals surface area contributed by atoms with Gasteiger partial charge in [0.25, 0.3) is 0 Å². The van der Waals surface area contributed by atoms with Crippen LogP contribution in [0.5, 0.6) is 11.5 Å². The molecule has 0 radical (unpaired) electrons. The average molecular weight is 370 g/mol. The first-order valence-electron chi connectivity index (χ1n) is 7.78. The smallest absolute Gasteiger partial charge is 0.163 e. The maximum atomic E-state index is 8.84. The molecule has 0 aliphatic carbocycles. The molecule has 0 atom stereocenters. The van der Waals surface area contributed by atoms with Gasteiger partial charge in [0.05, 0.1) is 13.2 Å². The Balaban J connectivity index is 2.12. The van der Waals surface area contributed by atoms with E-state index in [1.165, 1.54) is 0 Å². The van der Waals surface area contributed by atoms with Gasteiger partial charge >= 0.3 is 0 Å². The Morgan fingerprint density at radius 3 is 2.42 bits per heavy atom. The number of benzene rings is 2. The molecule has 0 saturated carbocycles. The molecule has 2 rings (SSSR count). The summed E-state index contributed by atoms with van der Waals surface area (Å²) in [5, 5.41) is 13.2. The van der Waals surface area contributed by atoms with Crippen molar-refractivity contribution in [2.24, 2.45) is 0 Å². The molecule has 0 aliphatic heterocycles. The van der Waals surface area contributed by atoms with Gasteiger partial charge < -0.3 is 19.9 Å². The van der Waals surface area contributed by atoms with Gasteiger partial charge in [-0.15, -0.1) is 0 Å². The van der Waals surface area contributed by atoms with Crippen LogP contribution in [0.25, 0.3) is 0 Å². The summed E-state index contributed by atoms with van der Waals surface area (Å²) < 4.78 is 11.5. The highest BCUT2D eigenvalue weighted by molar-refractivity contribution is 6.31. The Labute approximate surface area is 152 Å². The van der Waals surface area contributed by atoms with Gasteiger partial charge in [-0.2, -0.15) is 0 Å². The zero-order valence-corrected chi connectivity index (χ0v) is 15.0. The first-order chi connectivity index (χ1) is 11.6. The van der Waals surface area contributed by atoms with Gasteiger partial charge in [-0.3, -0.25) is 0 Å². The lowest BCUT2D eigenvalue weighted by atomic mass is 10.2. The first kappa shape index (κ1) is 18.9. The van der Waals surface area contributed by atoms with Crippen LogP contribution in [0.2, 0.25) is 10.0 Å². The first-order valence-corrected chi connectivity index (χ1v) is 8.53. The van der Waals surface area contributed by atoms with E-state index in [1.54, 1.807) is 6.07 Å². The Hall–Kier alpha value is -1.46. The number of aliphatic hydroxyl groups is 1. The number of aliphatic hydroxyl groups excluding tert-OH is 1. The molecule has 0 fully saturated rings. The second-order valence-corrected chi connectivity index (χ2v) is 5.98. The fraction of sp³-hybridized carbons (Fsp3) is 0.333. The van der Waals surface area contributed by atoms with Crippen molar-refractivity contribution in [3.05, 3.63) is 57.6 Å². The zero-order valence-electron chi connectivity index (χ0n) is 13.5. The van der Waals surface area contributed by atoms with Crippen molar-refractivity contribution in [2.75, 3.05) is 19.8 Å². The van der Waals surface area contributed by atoms with Crippen molar-refractivity contribution in [1.82, 2.24) is 5.32 Å². The van der Waals surface area contributed by atoms with E-state index in [0.29, 0.717) is 47.8 Å². The molecule has 6 heteroatoms. The van der Waals surface area contributed by atoms with E-state index in [4.69, 9.17) is 37.8 Å². The number of halogens is 2. The third kappa shape index (κ3) is 5.56. The van der Waals surface area contributed by atoms with E-state index in [9.17, 15) is 0 Å². The number of ether oxygens (including phenoxy) is 2. The fourth-order valence-corrected chi connectivity index (χ4v) is 2.48. The summed E-state index contributed by atoms with van der Waals surface area (Å²) in [6, 6.07) is 11.1. The summed E-state index contributed by atoms with van der Waals surface area (Å²) in [7, 11) is 0. The largest absolute Gasteiger partial charge is 0.490 e. The highest BCUT2D eigenvalue weighted by Gasteiger charge is 2.11. The van der Waals surface area contributed by atoms with Gasteiger partial charge in [-0.05, 0) is 36.2 Å². The maximum Gasteiger partial charge on any atom is 0.163 e. The molecule has 0 aliphatic rings. The van der Waals surface area contributed by atoms with Gasteiger partial charge in [0.1, 0.15) is 6.61 Å². The van der Waals surface area contributed by atoms with Crippen LogP contribution in [0.4, 0.5) is 0 Å². The lowest BCUT2D eigenvalue weighted by Crippen LogP contribution is -2.17. The van der Waals surface area contributed by atoms with Crippen LogP contribution in [0, 0.1) is 0 Å². The van der Waals surface area contributed by atoms with Gasteiger partial charge in [-0.25, -0.2) is 0 Å². The minimum absolute atomic E-state index is 0.0816. The van der Waals surface area contributed by atoms with Crippen LogP contribution in [0.3, 0.4) is 0 Å². The predicted octanol–water partition coefficient (Wildman–Crippen LogP) is 4.05. The topological polar surface area (TPSA) is 50.7 Å². The minimum atomic E-state index is 0.0816. The second kappa shape index (κ2) is 9.74. The summed E-state index contributed by atoms with van der Waals surface area (Å²) >= 11 is 12.2. The lowest BCUT2D eigenvalue weighted by Gasteiger charge is -2.15. The van der Waals surface area contributed by atoms with Crippen LogP contribution >= 0.6 is 23.2 Å². The summed E-state index contributed by atoms with van der Waals surface area (Å²) in [5.41, 5.74) is 1.90. The number of hydrogen-bond acceptors (Lipinski definition) is 4. The standard InChI is InChI=1S/C18H21Cl2NO3/c1-2-23-17-9-14(11-21-7-8-22)16(20)10-18(17)24-12-13-3-5-15(19)6-4-13/h3-6,9-10,21-22H,2,7-8,11-12H2,1H3. The van der Waals surface area contributed by atoms with Crippen molar-refractivity contribution in [1.29, 1.82) is 0 Å². The molecule has 0 unspecified atom stereocenters. The van der Waals surface area contributed by atoms with Crippen molar-refractivity contribution < 1.29 is 14.6 Å². The Bertz CT molecular complexity index is 647. The second-order valence-electron chi connectivity index (χ2n) is 5.14. The fourth-order valence-electron chi connectivity index (χ4n) is 2.14. The van der Waals surface area contributed by atoms with Crippen LogP contribution in [0.1, 0.15) is 18.1 Å². The Kier molecular flexibility index (Phi) is 7.66. The van der Waals surface area contributed by atoms with Gasteiger partial charge in [-0.1, -0.05) is 35.3 Å². The van der Waals surface area contributed by atoms with E-state index in [2.05, 4.69) is 5.32 Å². The molecule has 0 aromatic heterocycles. The van der Waals surface area contributed by atoms with Crippen LogP contribution in [-0.4, -0.2) is 24.9 Å². The highest BCUT2D eigenvalue weighted by Crippen LogP contribution is 2.34. The van der Waals surface area contributed by atoms with Crippen LogP contribution in [0.15, 0.2) is 36.4 Å². The lowest BCUT2D eigenvalue weighted by molar-refractivity contribution is 0.269. The molecule has 0 saturated heterocycles. The van der Waals surface area contributed by atoms with E-state index >= 15 is 0 Å². The molecular formula is C18H21Cl2NO3. The highest BCUT2D eigenvalue weighted by atomic mass is 35.5. The average Bonchev–Trinajstić information content (AvgIpc) is 2.58. The number of rotatable bonds is 9. The molecular weight excluding hydrogens is 349 g/mol. The molecule has 0 spiro atoms. The van der Waals surface area contributed by atoms with E-state index in [1.807, 2.05) is 37.3 Å². The van der Waals surface area contributed by atoms with Gasteiger partial charge in [0, 0.05) is 29.2 Å². The quantitative estimate of drug-likeness (QED) is 0.654. The summed E-state index contributed by atoms with van der Waals surface area (Å²) in [6.07, 6.45) is 0.